The van der Waals surface area contributed by atoms with Gasteiger partial charge in [0.15, 0.2) is 0 Å². The molecule has 4 rings (SSSR count). The van der Waals surface area contributed by atoms with E-state index in [1.54, 1.807) is 62.4 Å². The topological polar surface area (TPSA) is 117 Å². The molecule has 3 aromatic carbocycles. The van der Waals surface area contributed by atoms with Gasteiger partial charge >= 0.3 is 12.2 Å². The normalized spacial score (nSPS) is 17.6. The van der Waals surface area contributed by atoms with Gasteiger partial charge in [-0.05, 0) is 60.0 Å². The summed E-state index contributed by atoms with van der Waals surface area (Å²) in [4.78, 5) is 38.5. The molecule has 0 aromatic heterocycles. The van der Waals surface area contributed by atoms with Gasteiger partial charge in [-0.2, -0.15) is 0 Å². The molecule has 0 radical (unpaired) electrons. The summed E-state index contributed by atoms with van der Waals surface area (Å²) in [6.07, 6.45) is -2.56. The van der Waals surface area contributed by atoms with Gasteiger partial charge in [0, 0.05) is 10.7 Å². The van der Waals surface area contributed by atoms with E-state index in [9.17, 15) is 14.4 Å². The number of nitrogens with zero attached hydrogens (tertiary/aromatic N) is 1. The zero-order valence-corrected chi connectivity index (χ0v) is 21.6. The molecule has 0 saturated carbocycles. The Morgan fingerprint density at radius 2 is 1.61 bits per heavy atom. The van der Waals surface area contributed by atoms with E-state index in [4.69, 9.17) is 26.2 Å². The van der Waals surface area contributed by atoms with E-state index in [0.717, 1.165) is 5.56 Å². The summed E-state index contributed by atoms with van der Waals surface area (Å²) in [7, 11) is 0. The van der Waals surface area contributed by atoms with Crippen molar-refractivity contribution in [3.8, 4) is 11.5 Å². The number of rotatable bonds is 9. The maximum atomic E-state index is 13.1. The molecule has 0 unspecified atom stereocenters. The Bertz CT molecular complexity index is 1270. The van der Waals surface area contributed by atoms with Gasteiger partial charge in [0.05, 0.1) is 6.54 Å². The molecule has 198 valence electrons. The Kier molecular flexibility index (Phi) is 8.38. The van der Waals surface area contributed by atoms with Crippen LogP contribution < -0.4 is 20.3 Å². The summed E-state index contributed by atoms with van der Waals surface area (Å²) < 4.78 is 11.6. The summed E-state index contributed by atoms with van der Waals surface area (Å²) in [5.74, 6) is 0.437. The fraction of sp³-hybridized carbons (Fsp3) is 0.250. The molecule has 1 aliphatic heterocycles. The Balaban J connectivity index is 1.53. The van der Waals surface area contributed by atoms with Crippen LogP contribution in [0.2, 0.25) is 5.02 Å². The highest BCUT2D eigenvalue weighted by Gasteiger charge is 2.44. The van der Waals surface area contributed by atoms with Crippen molar-refractivity contribution in [3.63, 3.8) is 0 Å². The molecule has 3 amide bonds. The molecule has 0 bridgehead atoms. The number of cyclic esters (lactones) is 1. The van der Waals surface area contributed by atoms with Crippen LogP contribution in [0, 0.1) is 5.92 Å². The van der Waals surface area contributed by atoms with Crippen molar-refractivity contribution < 1.29 is 29.0 Å². The first kappa shape index (κ1) is 26.8. The van der Waals surface area contributed by atoms with Crippen molar-refractivity contribution in [2.45, 2.75) is 32.0 Å². The second kappa shape index (κ2) is 11.9. The van der Waals surface area contributed by atoms with E-state index in [-0.39, 0.29) is 12.5 Å². The molecule has 1 saturated heterocycles. The highest BCUT2D eigenvalue weighted by atomic mass is 35.5. The molecule has 10 heteroatoms. The quantitative estimate of drug-likeness (QED) is 0.327. The summed E-state index contributed by atoms with van der Waals surface area (Å²) in [6.45, 7) is 3.48. The van der Waals surface area contributed by atoms with E-state index >= 15 is 0 Å². The van der Waals surface area contributed by atoms with E-state index in [1.807, 2.05) is 30.3 Å². The predicted molar refractivity (Wildman–Crippen MR) is 143 cm³/mol. The van der Waals surface area contributed by atoms with Crippen LogP contribution in [0.3, 0.4) is 0 Å². The number of benzene rings is 3. The molecule has 1 aliphatic rings. The first-order valence-electron chi connectivity index (χ1n) is 12.1. The minimum absolute atomic E-state index is 0.00289. The fourth-order valence-corrected chi connectivity index (χ4v) is 4.38. The average Bonchev–Trinajstić information content (AvgIpc) is 3.23. The summed E-state index contributed by atoms with van der Waals surface area (Å²) in [5.41, 5.74) is 1.41. The number of hydrogen-bond acceptors (Lipinski definition) is 5. The SMILES string of the molecule is CC(C)[C@@H](NC(=O)O)C(=O)NC[C@@H]1OC(=O)N(c2ccc(Oc3ccc(Cl)cc3)cc2)[C@H]1c1ccccc1. The van der Waals surface area contributed by atoms with Crippen molar-refractivity contribution in [3.05, 3.63) is 89.4 Å². The highest BCUT2D eigenvalue weighted by molar-refractivity contribution is 6.30. The molecule has 9 nitrogen and oxygen atoms in total. The molecule has 3 N–H and O–H groups in total. The lowest BCUT2D eigenvalue weighted by molar-refractivity contribution is -0.124. The van der Waals surface area contributed by atoms with Crippen molar-refractivity contribution in [2.24, 2.45) is 5.92 Å². The minimum Gasteiger partial charge on any atom is -0.465 e. The Labute approximate surface area is 225 Å². The molecular weight excluding hydrogens is 510 g/mol. The van der Waals surface area contributed by atoms with E-state index in [0.29, 0.717) is 22.2 Å². The van der Waals surface area contributed by atoms with Crippen LogP contribution >= 0.6 is 11.6 Å². The maximum absolute atomic E-state index is 13.1. The highest BCUT2D eigenvalue weighted by Crippen LogP contribution is 2.38. The molecule has 0 aliphatic carbocycles. The number of halogens is 1. The third kappa shape index (κ3) is 6.36. The number of hydrogen-bond donors (Lipinski definition) is 3. The zero-order valence-electron chi connectivity index (χ0n) is 20.8. The number of carboxylic acid groups (broad SMARTS) is 1. The van der Waals surface area contributed by atoms with Crippen molar-refractivity contribution in [2.75, 3.05) is 11.4 Å². The third-order valence-electron chi connectivity index (χ3n) is 6.09. The molecule has 38 heavy (non-hydrogen) atoms. The van der Waals surface area contributed by atoms with Gasteiger partial charge in [-0.25, -0.2) is 9.59 Å². The van der Waals surface area contributed by atoms with Gasteiger partial charge in [0.2, 0.25) is 5.91 Å². The number of carbonyl (C=O) groups excluding carboxylic acids is 2. The van der Waals surface area contributed by atoms with Crippen LogP contribution in [0.25, 0.3) is 0 Å². The lowest BCUT2D eigenvalue weighted by Gasteiger charge is -2.26. The minimum atomic E-state index is -1.29. The van der Waals surface area contributed by atoms with Crippen LogP contribution in [0.15, 0.2) is 78.9 Å². The van der Waals surface area contributed by atoms with Gasteiger partial charge in [-0.3, -0.25) is 9.69 Å². The number of carbonyl (C=O) groups is 3. The molecule has 3 atom stereocenters. The Morgan fingerprint density at radius 1 is 1.00 bits per heavy atom. The molecule has 1 heterocycles. The first-order valence-corrected chi connectivity index (χ1v) is 12.5. The third-order valence-corrected chi connectivity index (χ3v) is 6.34. The molecule has 0 spiro atoms. The van der Waals surface area contributed by atoms with Gasteiger partial charge in [-0.1, -0.05) is 55.8 Å². The predicted octanol–water partition coefficient (Wildman–Crippen LogP) is 5.61. The molecule has 1 fully saturated rings. The second-order valence-electron chi connectivity index (χ2n) is 9.11. The molecular formula is C28H28ClN3O6. The molecule has 3 aromatic rings. The zero-order chi connectivity index (χ0) is 27.2. The van der Waals surface area contributed by atoms with Gasteiger partial charge in [0.25, 0.3) is 0 Å². The Morgan fingerprint density at radius 3 is 2.18 bits per heavy atom. The fourth-order valence-electron chi connectivity index (χ4n) is 4.26. The number of ether oxygens (including phenoxy) is 2. The van der Waals surface area contributed by atoms with Crippen molar-refractivity contribution in [1.29, 1.82) is 0 Å². The van der Waals surface area contributed by atoms with Crippen molar-refractivity contribution >= 4 is 35.4 Å². The van der Waals surface area contributed by atoms with Crippen molar-refractivity contribution in [1.82, 2.24) is 10.6 Å². The van der Waals surface area contributed by atoms with E-state index in [2.05, 4.69) is 10.6 Å². The van der Waals surface area contributed by atoms with E-state index in [1.165, 1.54) is 4.90 Å². The maximum Gasteiger partial charge on any atom is 0.415 e. The van der Waals surface area contributed by atoms with Crippen LogP contribution in [0.4, 0.5) is 15.3 Å². The van der Waals surface area contributed by atoms with Crippen LogP contribution in [-0.2, 0) is 9.53 Å². The van der Waals surface area contributed by atoms with Gasteiger partial charge in [-0.15, -0.1) is 0 Å². The van der Waals surface area contributed by atoms with Gasteiger partial charge in [0.1, 0.15) is 29.7 Å². The van der Waals surface area contributed by atoms with Gasteiger partial charge < -0.3 is 25.2 Å². The smallest absolute Gasteiger partial charge is 0.415 e. The summed E-state index contributed by atoms with van der Waals surface area (Å²) >= 11 is 5.93. The van der Waals surface area contributed by atoms with Crippen LogP contribution in [-0.4, -0.2) is 41.9 Å². The van der Waals surface area contributed by atoms with Crippen LogP contribution in [0.5, 0.6) is 11.5 Å². The number of amides is 3. The second-order valence-corrected chi connectivity index (χ2v) is 9.55. The van der Waals surface area contributed by atoms with Crippen LogP contribution in [0.1, 0.15) is 25.5 Å². The lowest BCUT2D eigenvalue weighted by Crippen LogP contribution is -2.51. The average molecular weight is 538 g/mol. The first-order chi connectivity index (χ1) is 18.2. The largest absolute Gasteiger partial charge is 0.465 e. The monoisotopic (exact) mass is 537 g/mol. The standard InChI is InChI=1S/C28H28ClN3O6/c1-17(2)24(31-27(34)35)26(33)30-16-23-25(18-6-4-3-5-7-18)32(28(36)38-23)20-10-14-22(15-11-20)37-21-12-8-19(29)9-13-21/h3-15,17,23-25,31H,16H2,1-2H3,(H,30,33)(H,34,35)/t23-,24+,25-/m0/s1. The number of nitrogens with one attached hydrogen (secondary N) is 2. The Hall–Kier alpha value is -4.24. The summed E-state index contributed by atoms with van der Waals surface area (Å²) in [5, 5.41) is 14.7. The lowest BCUT2D eigenvalue weighted by atomic mass is 9.99. The summed E-state index contributed by atoms with van der Waals surface area (Å²) in [6, 6.07) is 21.9. The van der Waals surface area contributed by atoms with E-state index < -0.39 is 36.3 Å². The number of anilines is 1.